The van der Waals surface area contributed by atoms with E-state index in [9.17, 15) is 18.5 Å². The van der Waals surface area contributed by atoms with Gasteiger partial charge in [0, 0.05) is 6.07 Å². The van der Waals surface area contributed by atoms with Crippen molar-refractivity contribution in [3.8, 4) is 5.75 Å². The maximum absolute atomic E-state index is 10.6. The molecule has 7 nitrogen and oxygen atoms in total. The number of phenolic OH excluding ortho intramolecular Hbond substituents is 1. The van der Waals surface area contributed by atoms with Gasteiger partial charge in [0.05, 0.1) is 4.92 Å². The molecule has 15 heavy (non-hydrogen) atoms. The summed E-state index contributed by atoms with van der Waals surface area (Å²) >= 11 is 0. The number of nitro benzene ring substituents is 1. The summed E-state index contributed by atoms with van der Waals surface area (Å²) in [5, 5.41) is 19.2. The van der Waals surface area contributed by atoms with E-state index < -0.39 is 31.4 Å². The SMILES string of the molecule is O=[N+]([O-])c1cc(S(=O)(=O)O)ccc1O.[H-].[Na+]. The smallest absolute Gasteiger partial charge is 1.00 e. The van der Waals surface area contributed by atoms with Gasteiger partial charge in [-0.2, -0.15) is 8.42 Å². The van der Waals surface area contributed by atoms with Gasteiger partial charge in [-0.25, -0.2) is 0 Å². The number of phenols is 1. The van der Waals surface area contributed by atoms with E-state index in [1.54, 1.807) is 0 Å². The average molecular weight is 243 g/mol. The monoisotopic (exact) mass is 243 g/mol. The van der Waals surface area contributed by atoms with Crippen molar-refractivity contribution in [2.75, 3.05) is 0 Å². The van der Waals surface area contributed by atoms with Crippen molar-refractivity contribution in [3.05, 3.63) is 28.3 Å². The van der Waals surface area contributed by atoms with Crippen LogP contribution in [-0.2, 0) is 10.1 Å². The molecular formula is C6H6NNaO6S. The van der Waals surface area contributed by atoms with Crippen LogP contribution in [0.15, 0.2) is 23.1 Å². The quantitative estimate of drug-likeness (QED) is 0.260. The summed E-state index contributed by atoms with van der Waals surface area (Å²) in [7, 11) is -4.49. The van der Waals surface area contributed by atoms with Crippen molar-refractivity contribution in [1.82, 2.24) is 0 Å². The molecule has 0 saturated carbocycles. The normalized spacial score (nSPS) is 10.5. The molecule has 1 aromatic carbocycles. The van der Waals surface area contributed by atoms with E-state index in [-0.39, 0.29) is 31.0 Å². The number of rotatable bonds is 2. The molecule has 0 aliphatic heterocycles. The zero-order valence-electron chi connectivity index (χ0n) is 8.61. The molecule has 0 aliphatic carbocycles. The first kappa shape index (κ1) is 14.3. The molecule has 0 amide bonds. The Balaban J connectivity index is 0. The minimum absolute atomic E-state index is 0. The Labute approximate surface area is 108 Å². The Kier molecular flexibility index (Phi) is 4.68. The molecule has 0 radical (unpaired) electrons. The van der Waals surface area contributed by atoms with Gasteiger partial charge in [0.2, 0.25) is 0 Å². The molecule has 0 aliphatic rings. The zero-order valence-corrected chi connectivity index (χ0v) is 10.4. The maximum atomic E-state index is 10.6. The average Bonchev–Trinajstić information content (AvgIpc) is 2.02. The van der Waals surface area contributed by atoms with Crippen LogP contribution in [0.3, 0.4) is 0 Å². The Morgan fingerprint density at radius 3 is 2.33 bits per heavy atom. The molecule has 0 saturated heterocycles. The molecule has 0 spiro atoms. The van der Waals surface area contributed by atoms with Gasteiger partial charge in [0.1, 0.15) is 4.90 Å². The van der Waals surface area contributed by atoms with Gasteiger partial charge in [-0.3, -0.25) is 14.7 Å². The summed E-state index contributed by atoms with van der Waals surface area (Å²) in [5.41, 5.74) is -0.778. The largest absolute Gasteiger partial charge is 1.00 e. The van der Waals surface area contributed by atoms with E-state index in [2.05, 4.69) is 0 Å². The van der Waals surface area contributed by atoms with E-state index in [1.807, 2.05) is 0 Å². The summed E-state index contributed by atoms with van der Waals surface area (Å²) in [5.74, 6) is -0.664. The van der Waals surface area contributed by atoms with Crippen molar-refractivity contribution < 1.29 is 54.0 Å². The molecule has 78 valence electrons. The number of hydrogen-bond donors (Lipinski definition) is 2. The van der Waals surface area contributed by atoms with Gasteiger partial charge < -0.3 is 6.53 Å². The molecule has 0 aromatic heterocycles. The third-order valence-corrected chi connectivity index (χ3v) is 2.29. The molecule has 0 unspecified atom stereocenters. The first-order chi connectivity index (χ1) is 6.32. The minimum Gasteiger partial charge on any atom is -1.00 e. The molecule has 2 N–H and O–H groups in total. The van der Waals surface area contributed by atoms with Gasteiger partial charge in [0.15, 0.2) is 5.75 Å². The first-order valence-electron chi connectivity index (χ1n) is 3.27. The second-order valence-corrected chi connectivity index (χ2v) is 3.80. The predicted octanol–water partition coefficient (Wildman–Crippen LogP) is -2.34. The fraction of sp³-hybridized carbons (Fsp3) is 0. The van der Waals surface area contributed by atoms with E-state index in [1.165, 1.54) is 0 Å². The van der Waals surface area contributed by atoms with Crippen molar-refractivity contribution in [3.63, 3.8) is 0 Å². The predicted molar refractivity (Wildman–Crippen MR) is 45.7 cm³/mol. The van der Waals surface area contributed by atoms with Gasteiger partial charge >= 0.3 is 35.2 Å². The van der Waals surface area contributed by atoms with Crippen LogP contribution in [-0.4, -0.2) is 23.0 Å². The second kappa shape index (κ2) is 4.90. The molecule has 0 fully saturated rings. The number of nitro groups is 1. The zero-order chi connectivity index (χ0) is 10.9. The van der Waals surface area contributed by atoms with Crippen molar-refractivity contribution >= 4 is 15.8 Å². The number of aromatic hydroxyl groups is 1. The van der Waals surface area contributed by atoms with Crippen LogP contribution in [0.5, 0.6) is 5.75 Å². The molecule has 1 rings (SSSR count). The Bertz CT molecular complexity index is 490. The third-order valence-electron chi connectivity index (χ3n) is 1.44. The van der Waals surface area contributed by atoms with Gasteiger partial charge in [-0.05, 0) is 12.1 Å². The summed E-state index contributed by atoms with van der Waals surface area (Å²) in [6, 6.07) is 2.25. The third kappa shape index (κ3) is 3.43. The molecule has 1 aromatic rings. The molecular weight excluding hydrogens is 237 g/mol. The number of benzene rings is 1. The Hall–Kier alpha value is -0.670. The number of nitrogens with zero attached hydrogens (tertiary/aromatic N) is 1. The molecule has 0 atom stereocenters. The molecule has 0 bridgehead atoms. The summed E-state index contributed by atoms with van der Waals surface area (Å²) < 4.78 is 29.7. The van der Waals surface area contributed by atoms with Crippen molar-refractivity contribution in [2.45, 2.75) is 4.90 Å². The van der Waals surface area contributed by atoms with Crippen LogP contribution >= 0.6 is 0 Å². The van der Waals surface area contributed by atoms with Crippen molar-refractivity contribution in [2.24, 2.45) is 0 Å². The molecule has 0 heterocycles. The Morgan fingerprint density at radius 1 is 1.40 bits per heavy atom. The van der Waals surface area contributed by atoms with Crippen LogP contribution in [0.2, 0.25) is 0 Å². The standard InChI is InChI=1S/C6H5NO6S.Na.H/c8-6-2-1-4(14(11,12)13)3-5(6)7(9)10;;/h1-3,8H,(H,11,12,13);;/q;+1;-1. The molecule has 9 heteroatoms. The van der Waals surface area contributed by atoms with Crippen LogP contribution in [0.25, 0.3) is 0 Å². The van der Waals surface area contributed by atoms with E-state index in [4.69, 9.17) is 9.66 Å². The van der Waals surface area contributed by atoms with E-state index >= 15 is 0 Å². The Morgan fingerprint density at radius 2 is 1.93 bits per heavy atom. The summed E-state index contributed by atoms with van der Waals surface area (Å²) in [6.45, 7) is 0. The summed E-state index contributed by atoms with van der Waals surface area (Å²) in [6.07, 6.45) is 0. The van der Waals surface area contributed by atoms with E-state index in [0.717, 1.165) is 12.1 Å². The van der Waals surface area contributed by atoms with Crippen molar-refractivity contribution in [1.29, 1.82) is 0 Å². The van der Waals surface area contributed by atoms with E-state index in [0.29, 0.717) is 6.07 Å². The fourth-order valence-corrected chi connectivity index (χ4v) is 1.31. The number of hydrogen-bond acceptors (Lipinski definition) is 5. The topological polar surface area (TPSA) is 118 Å². The van der Waals surface area contributed by atoms with Crippen LogP contribution in [0.4, 0.5) is 5.69 Å². The minimum atomic E-state index is -4.49. The second-order valence-electron chi connectivity index (χ2n) is 2.38. The maximum Gasteiger partial charge on any atom is 1.00 e. The first-order valence-corrected chi connectivity index (χ1v) is 4.71. The van der Waals surface area contributed by atoms with Gasteiger partial charge in [-0.1, -0.05) is 0 Å². The van der Waals surface area contributed by atoms with Gasteiger partial charge in [0.25, 0.3) is 10.1 Å². The van der Waals surface area contributed by atoms with Crippen LogP contribution in [0.1, 0.15) is 1.43 Å². The van der Waals surface area contributed by atoms with Crippen LogP contribution < -0.4 is 29.6 Å². The van der Waals surface area contributed by atoms with Crippen LogP contribution in [0, 0.1) is 10.1 Å². The van der Waals surface area contributed by atoms with Gasteiger partial charge in [-0.15, -0.1) is 0 Å². The fourth-order valence-electron chi connectivity index (χ4n) is 0.810. The summed E-state index contributed by atoms with van der Waals surface area (Å²) in [4.78, 5) is 8.68.